The summed E-state index contributed by atoms with van der Waals surface area (Å²) in [6, 6.07) is 15.6. The predicted molar refractivity (Wildman–Crippen MR) is 128 cm³/mol. The molecule has 35 heavy (non-hydrogen) atoms. The van der Waals surface area contributed by atoms with Gasteiger partial charge in [0.2, 0.25) is 5.91 Å². The van der Waals surface area contributed by atoms with Crippen LogP contribution < -0.4 is 5.32 Å². The van der Waals surface area contributed by atoms with E-state index < -0.39 is 18.1 Å². The van der Waals surface area contributed by atoms with Crippen molar-refractivity contribution in [2.24, 2.45) is 11.8 Å². The van der Waals surface area contributed by atoms with Crippen molar-refractivity contribution in [1.82, 2.24) is 10.2 Å². The van der Waals surface area contributed by atoms with Crippen LogP contribution in [0.5, 0.6) is 0 Å². The molecule has 2 aromatic carbocycles. The van der Waals surface area contributed by atoms with Crippen molar-refractivity contribution in [1.29, 1.82) is 0 Å². The van der Waals surface area contributed by atoms with Gasteiger partial charge in [-0.1, -0.05) is 48.5 Å². The Hall–Kier alpha value is -3.39. The van der Waals surface area contributed by atoms with Gasteiger partial charge in [0, 0.05) is 25.4 Å². The Bertz CT molecular complexity index is 1070. The summed E-state index contributed by atoms with van der Waals surface area (Å²) in [7, 11) is 0. The number of hydrogen-bond donors (Lipinski definition) is 2. The molecule has 3 aliphatic rings. The van der Waals surface area contributed by atoms with E-state index in [-0.39, 0.29) is 31.0 Å². The van der Waals surface area contributed by atoms with Gasteiger partial charge < -0.3 is 24.8 Å². The topological polar surface area (TPSA) is 105 Å². The van der Waals surface area contributed by atoms with Crippen molar-refractivity contribution in [3.8, 4) is 11.1 Å². The summed E-state index contributed by atoms with van der Waals surface area (Å²) in [6.07, 6.45) is 1.57. The van der Waals surface area contributed by atoms with E-state index in [0.717, 1.165) is 12.8 Å². The number of nitrogens with zero attached hydrogens (tertiary/aromatic N) is 1. The first-order valence-corrected chi connectivity index (χ1v) is 12.2. The molecule has 0 bridgehead atoms. The number of benzene rings is 2. The highest BCUT2D eigenvalue weighted by molar-refractivity contribution is 5.84. The molecule has 2 N–H and O–H groups in total. The van der Waals surface area contributed by atoms with Crippen molar-refractivity contribution in [2.75, 3.05) is 32.9 Å². The largest absolute Gasteiger partial charge is 0.480 e. The first kappa shape index (κ1) is 23.4. The normalized spacial score (nSPS) is 23.1. The summed E-state index contributed by atoms with van der Waals surface area (Å²) < 4.78 is 10.8. The van der Waals surface area contributed by atoms with Gasteiger partial charge in [-0.25, -0.2) is 9.59 Å². The van der Waals surface area contributed by atoms with E-state index in [1.54, 1.807) is 0 Å². The standard InChI is InChI=1S/C27H30N2O6/c30-25(29-9-10-34-16-24(29)26(31)32)13-17-11-18(12-17)14-28-27(33)35-15-23-21-7-3-1-5-19(21)20-6-2-4-8-22(20)23/h1-8,17-18,23-24H,9-16H2,(H,28,33)(H,31,32). The zero-order valence-electron chi connectivity index (χ0n) is 19.5. The number of alkyl carbamates (subject to hydrolysis) is 1. The minimum Gasteiger partial charge on any atom is -0.480 e. The number of carbonyl (C=O) groups is 3. The molecule has 1 saturated carbocycles. The summed E-state index contributed by atoms with van der Waals surface area (Å²) in [5, 5.41) is 12.2. The number of carbonyl (C=O) groups excluding carboxylic acids is 2. The third kappa shape index (κ3) is 4.89. The first-order valence-electron chi connectivity index (χ1n) is 12.2. The van der Waals surface area contributed by atoms with Gasteiger partial charge in [-0.15, -0.1) is 0 Å². The highest BCUT2D eigenvalue weighted by Crippen LogP contribution is 2.44. The Morgan fingerprint density at radius 3 is 2.31 bits per heavy atom. The number of rotatable bonds is 7. The maximum Gasteiger partial charge on any atom is 0.407 e. The van der Waals surface area contributed by atoms with Crippen molar-refractivity contribution in [3.05, 3.63) is 59.7 Å². The van der Waals surface area contributed by atoms with Crippen LogP contribution >= 0.6 is 0 Å². The maximum absolute atomic E-state index is 12.6. The van der Waals surface area contributed by atoms with Gasteiger partial charge in [0.1, 0.15) is 6.61 Å². The second-order valence-electron chi connectivity index (χ2n) is 9.63. The number of ether oxygens (including phenoxy) is 2. The zero-order valence-corrected chi connectivity index (χ0v) is 19.5. The lowest BCUT2D eigenvalue weighted by Gasteiger charge is -2.38. The van der Waals surface area contributed by atoms with Crippen molar-refractivity contribution < 1.29 is 29.0 Å². The molecular formula is C27H30N2O6. The average Bonchev–Trinajstić information content (AvgIpc) is 3.17. The molecule has 1 aliphatic heterocycles. The third-order valence-electron chi connectivity index (χ3n) is 7.41. The fourth-order valence-corrected chi connectivity index (χ4v) is 5.56. The van der Waals surface area contributed by atoms with Crippen LogP contribution in [0, 0.1) is 11.8 Å². The fourth-order valence-electron chi connectivity index (χ4n) is 5.56. The van der Waals surface area contributed by atoms with Crippen LogP contribution in [0.2, 0.25) is 0 Å². The monoisotopic (exact) mass is 478 g/mol. The molecule has 0 spiro atoms. The molecule has 1 atom stereocenters. The van der Waals surface area contributed by atoms with E-state index in [0.29, 0.717) is 32.0 Å². The maximum atomic E-state index is 12.6. The molecule has 2 aromatic rings. The first-order chi connectivity index (χ1) is 17.0. The molecule has 1 saturated heterocycles. The van der Waals surface area contributed by atoms with Crippen LogP contribution in [0.1, 0.15) is 36.3 Å². The number of aliphatic carboxylic acids is 1. The number of carboxylic acid groups (broad SMARTS) is 1. The number of morpholine rings is 1. The van der Waals surface area contributed by atoms with E-state index >= 15 is 0 Å². The summed E-state index contributed by atoms with van der Waals surface area (Å²) in [6.45, 7) is 1.52. The number of amides is 2. The van der Waals surface area contributed by atoms with Gasteiger partial charge in [0.25, 0.3) is 0 Å². The van der Waals surface area contributed by atoms with Crippen molar-refractivity contribution >= 4 is 18.0 Å². The average molecular weight is 479 g/mol. The Labute approximate surface area is 204 Å². The van der Waals surface area contributed by atoms with E-state index in [1.165, 1.54) is 27.2 Å². The lowest BCUT2D eigenvalue weighted by molar-refractivity contribution is -0.159. The Morgan fingerprint density at radius 2 is 1.66 bits per heavy atom. The SMILES string of the molecule is O=C(NCC1CC(CC(=O)N2CCOCC2C(=O)O)C1)OCC1c2ccccc2-c2ccccc21. The van der Waals surface area contributed by atoms with Crippen LogP contribution in [-0.4, -0.2) is 66.9 Å². The van der Waals surface area contributed by atoms with Gasteiger partial charge in [-0.3, -0.25) is 4.79 Å². The summed E-state index contributed by atoms with van der Waals surface area (Å²) >= 11 is 0. The molecule has 1 heterocycles. The van der Waals surface area contributed by atoms with Crippen LogP contribution in [0.15, 0.2) is 48.5 Å². The third-order valence-corrected chi connectivity index (χ3v) is 7.41. The molecule has 2 amide bonds. The number of fused-ring (bicyclic) bond motifs is 3. The number of nitrogens with one attached hydrogen (secondary N) is 1. The van der Waals surface area contributed by atoms with Gasteiger partial charge in [-0.2, -0.15) is 0 Å². The van der Waals surface area contributed by atoms with Crippen LogP contribution in [0.4, 0.5) is 4.79 Å². The molecule has 184 valence electrons. The second-order valence-corrected chi connectivity index (χ2v) is 9.63. The van der Waals surface area contributed by atoms with Crippen molar-refractivity contribution in [3.63, 3.8) is 0 Å². The lowest BCUT2D eigenvalue weighted by atomic mass is 9.73. The Morgan fingerprint density at radius 1 is 1.00 bits per heavy atom. The van der Waals surface area contributed by atoms with Crippen LogP contribution in [0.3, 0.4) is 0 Å². The molecule has 8 heteroatoms. The minimum absolute atomic E-state index is 0.0297. The zero-order chi connectivity index (χ0) is 24.4. The molecule has 2 aliphatic carbocycles. The highest BCUT2D eigenvalue weighted by Gasteiger charge is 2.37. The molecule has 1 unspecified atom stereocenters. The van der Waals surface area contributed by atoms with Crippen LogP contribution in [0.25, 0.3) is 11.1 Å². The molecule has 0 aromatic heterocycles. The van der Waals surface area contributed by atoms with Gasteiger partial charge >= 0.3 is 12.1 Å². The molecule has 2 fully saturated rings. The van der Waals surface area contributed by atoms with Gasteiger partial charge in [0.15, 0.2) is 6.04 Å². The van der Waals surface area contributed by atoms with Crippen LogP contribution in [-0.2, 0) is 19.1 Å². The Balaban J connectivity index is 1.05. The quantitative estimate of drug-likeness (QED) is 0.633. The molecule has 5 rings (SSSR count). The minimum atomic E-state index is -1.03. The van der Waals surface area contributed by atoms with Gasteiger partial charge in [-0.05, 0) is 46.9 Å². The van der Waals surface area contributed by atoms with E-state index in [9.17, 15) is 19.5 Å². The fraction of sp³-hybridized carbons (Fsp3) is 0.444. The second kappa shape index (κ2) is 10.1. The van der Waals surface area contributed by atoms with E-state index in [4.69, 9.17) is 9.47 Å². The highest BCUT2D eigenvalue weighted by atomic mass is 16.5. The van der Waals surface area contributed by atoms with Gasteiger partial charge in [0.05, 0.1) is 13.2 Å². The van der Waals surface area contributed by atoms with E-state index in [2.05, 4.69) is 29.6 Å². The molecule has 0 radical (unpaired) electrons. The summed E-state index contributed by atoms with van der Waals surface area (Å²) in [4.78, 5) is 37.8. The predicted octanol–water partition coefficient (Wildman–Crippen LogP) is 3.25. The smallest absolute Gasteiger partial charge is 0.407 e. The Kier molecular flexibility index (Phi) is 6.72. The number of carboxylic acids is 1. The molecular weight excluding hydrogens is 448 g/mol. The lowest BCUT2D eigenvalue weighted by Crippen LogP contribution is -2.53. The summed E-state index contributed by atoms with van der Waals surface area (Å²) in [5.41, 5.74) is 4.75. The summed E-state index contributed by atoms with van der Waals surface area (Å²) in [5.74, 6) is -0.616. The van der Waals surface area contributed by atoms with Crippen molar-refractivity contribution in [2.45, 2.75) is 31.2 Å². The number of hydrogen-bond acceptors (Lipinski definition) is 5. The van der Waals surface area contributed by atoms with E-state index in [1.807, 2.05) is 24.3 Å². The molecule has 8 nitrogen and oxygen atoms in total.